The van der Waals surface area contributed by atoms with E-state index in [1.54, 1.807) is 0 Å². The van der Waals surface area contributed by atoms with E-state index < -0.39 is 0 Å². The van der Waals surface area contributed by atoms with Crippen molar-refractivity contribution in [2.75, 3.05) is 6.54 Å². The second kappa shape index (κ2) is 6.25. The molecule has 1 aliphatic rings. The highest BCUT2D eigenvalue weighted by Gasteiger charge is 2.28. The summed E-state index contributed by atoms with van der Waals surface area (Å²) in [7, 11) is 0. The fraction of sp³-hybridized carbons (Fsp3) is 0.533. The number of hydrogen-bond donors (Lipinski definition) is 1. The average molecular weight is 292 g/mol. The van der Waals surface area contributed by atoms with Gasteiger partial charge in [-0.25, -0.2) is 4.98 Å². The predicted octanol–water partition coefficient (Wildman–Crippen LogP) is 4.31. The van der Waals surface area contributed by atoms with Crippen molar-refractivity contribution in [3.8, 4) is 0 Å². The molecule has 3 rings (SSSR count). The molecule has 102 valence electrons. The van der Waals surface area contributed by atoms with E-state index in [-0.39, 0.29) is 0 Å². The largest absolute Gasteiger partial charge is 0.313 e. The molecule has 0 amide bonds. The van der Waals surface area contributed by atoms with Crippen LogP contribution in [0.25, 0.3) is 10.2 Å². The van der Waals surface area contributed by atoms with Crippen LogP contribution in [0.15, 0.2) is 28.6 Å². The first kappa shape index (κ1) is 13.4. The van der Waals surface area contributed by atoms with Crippen molar-refractivity contribution in [3.63, 3.8) is 0 Å². The monoisotopic (exact) mass is 292 g/mol. The zero-order valence-corrected chi connectivity index (χ0v) is 12.9. The zero-order chi connectivity index (χ0) is 13.1. The molecule has 1 heterocycles. The minimum Gasteiger partial charge on any atom is -0.313 e. The summed E-state index contributed by atoms with van der Waals surface area (Å²) in [4.78, 5) is 4.74. The van der Waals surface area contributed by atoms with E-state index in [1.807, 2.05) is 23.1 Å². The average Bonchev–Trinajstić information content (AvgIpc) is 3.02. The summed E-state index contributed by atoms with van der Waals surface area (Å²) in [6, 6.07) is 9.11. The van der Waals surface area contributed by atoms with E-state index >= 15 is 0 Å². The molecule has 2 nitrogen and oxygen atoms in total. The number of hydrogen-bond acceptors (Lipinski definition) is 4. The van der Waals surface area contributed by atoms with Gasteiger partial charge in [0.05, 0.1) is 10.2 Å². The number of benzene rings is 1. The number of nitrogens with zero attached hydrogens (tertiary/aromatic N) is 1. The Labute approximate surface area is 123 Å². The van der Waals surface area contributed by atoms with Gasteiger partial charge in [-0.2, -0.15) is 0 Å². The fourth-order valence-corrected chi connectivity index (χ4v) is 5.28. The first-order valence-electron chi connectivity index (χ1n) is 7.12. The second-order valence-electron chi connectivity index (χ2n) is 5.10. The number of nitrogens with one attached hydrogen (secondary N) is 1. The molecular formula is C15H20N2S2. The molecule has 0 radical (unpaired) electrons. The first-order valence-corrected chi connectivity index (χ1v) is 8.82. The molecular weight excluding hydrogens is 272 g/mol. The first-order chi connectivity index (χ1) is 9.36. The Morgan fingerprint density at radius 2 is 2.26 bits per heavy atom. The van der Waals surface area contributed by atoms with Gasteiger partial charge in [0.15, 0.2) is 4.34 Å². The summed E-state index contributed by atoms with van der Waals surface area (Å²) in [5.41, 5.74) is 1.14. The van der Waals surface area contributed by atoms with Crippen LogP contribution in [0.5, 0.6) is 0 Å². The molecule has 0 spiro atoms. The third-order valence-electron chi connectivity index (χ3n) is 3.64. The summed E-state index contributed by atoms with van der Waals surface area (Å²) in [5.74, 6) is 0. The molecule has 1 aromatic heterocycles. The lowest BCUT2D eigenvalue weighted by molar-refractivity contribution is 0.531. The van der Waals surface area contributed by atoms with E-state index in [0.717, 1.165) is 12.1 Å². The van der Waals surface area contributed by atoms with Crippen LogP contribution in [0.3, 0.4) is 0 Å². The highest BCUT2D eigenvalue weighted by molar-refractivity contribution is 8.01. The van der Waals surface area contributed by atoms with Gasteiger partial charge in [-0.1, -0.05) is 37.2 Å². The van der Waals surface area contributed by atoms with Crippen LogP contribution < -0.4 is 5.32 Å². The Bertz CT molecular complexity index is 505. The van der Waals surface area contributed by atoms with Crippen LogP contribution in [0.2, 0.25) is 0 Å². The maximum absolute atomic E-state index is 4.74. The van der Waals surface area contributed by atoms with Gasteiger partial charge in [0, 0.05) is 11.3 Å². The van der Waals surface area contributed by atoms with E-state index in [2.05, 4.69) is 36.5 Å². The van der Waals surface area contributed by atoms with Crippen LogP contribution in [0.4, 0.5) is 0 Å². The number of thiazole rings is 1. The highest BCUT2D eigenvalue weighted by atomic mass is 32.2. The van der Waals surface area contributed by atoms with Gasteiger partial charge in [-0.05, 0) is 37.9 Å². The molecule has 1 saturated carbocycles. The van der Waals surface area contributed by atoms with Crippen molar-refractivity contribution in [3.05, 3.63) is 24.3 Å². The van der Waals surface area contributed by atoms with Gasteiger partial charge >= 0.3 is 0 Å². The number of rotatable bonds is 5. The predicted molar refractivity (Wildman–Crippen MR) is 85.2 cm³/mol. The van der Waals surface area contributed by atoms with E-state index in [4.69, 9.17) is 4.98 Å². The topological polar surface area (TPSA) is 24.9 Å². The minimum atomic E-state index is 0.678. The number of thioether (sulfide) groups is 1. The Balaban J connectivity index is 1.69. The molecule has 4 heteroatoms. The van der Waals surface area contributed by atoms with Crippen molar-refractivity contribution in [1.82, 2.24) is 10.3 Å². The number of para-hydroxylation sites is 1. The molecule has 0 bridgehead atoms. The molecule has 1 aliphatic carbocycles. The van der Waals surface area contributed by atoms with E-state index in [1.165, 1.54) is 34.7 Å². The van der Waals surface area contributed by atoms with Gasteiger partial charge in [-0.3, -0.25) is 0 Å². The van der Waals surface area contributed by atoms with Crippen LogP contribution in [-0.4, -0.2) is 22.8 Å². The molecule has 1 aromatic carbocycles. The zero-order valence-electron chi connectivity index (χ0n) is 11.3. The molecule has 19 heavy (non-hydrogen) atoms. The molecule has 1 fully saturated rings. The Hall–Kier alpha value is -0.580. The summed E-state index contributed by atoms with van der Waals surface area (Å²) in [6.45, 7) is 3.37. The maximum atomic E-state index is 4.74. The highest BCUT2D eigenvalue weighted by Crippen LogP contribution is 2.38. The van der Waals surface area contributed by atoms with Gasteiger partial charge in [0.2, 0.25) is 0 Å². The van der Waals surface area contributed by atoms with Gasteiger partial charge < -0.3 is 5.32 Å². The van der Waals surface area contributed by atoms with Crippen molar-refractivity contribution in [1.29, 1.82) is 0 Å². The molecule has 0 saturated heterocycles. The summed E-state index contributed by atoms with van der Waals surface area (Å²) < 4.78 is 2.54. The third kappa shape index (κ3) is 3.12. The van der Waals surface area contributed by atoms with Crippen LogP contribution in [0.1, 0.15) is 32.6 Å². The summed E-state index contributed by atoms with van der Waals surface area (Å²) in [6.07, 6.45) is 5.21. The Kier molecular flexibility index (Phi) is 4.41. The lowest BCUT2D eigenvalue weighted by Gasteiger charge is -2.19. The number of aromatic nitrogens is 1. The van der Waals surface area contributed by atoms with E-state index in [9.17, 15) is 0 Å². The second-order valence-corrected chi connectivity index (χ2v) is 7.61. The molecule has 2 unspecified atom stereocenters. The maximum Gasteiger partial charge on any atom is 0.151 e. The Morgan fingerprint density at radius 1 is 1.37 bits per heavy atom. The minimum absolute atomic E-state index is 0.678. The van der Waals surface area contributed by atoms with Crippen LogP contribution in [0, 0.1) is 0 Å². The summed E-state index contributed by atoms with van der Waals surface area (Å²) >= 11 is 3.81. The quantitative estimate of drug-likeness (QED) is 0.889. The standard InChI is InChI=1S/C15H20N2S2/c1-2-10-16-11-7-5-9-13(11)18-15-17-12-6-3-4-8-14(12)19-15/h3-4,6,8,11,13,16H,2,5,7,9-10H2,1H3. The van der Waals surface area contributed by atoms with Crippen LogP contribution >= 0.6 is 23.1 Å². The van der Waals surface area contributed by atoms with Gasteiger partial charge in [0.1, 0.15) is 0 Å². The smallest absolute Gasteiger partial charge is 0.151 e. The summed E-state index contributed by atoms with van der Waals surface area (Å²) in [5, 5.41) is 4.39. The fourth-order valence-electron chi connectivity index (χ4n) is 2.66. The lowest BCUT2D eigenvalue weighted by atomic mass is 10.2. The molecule has 1 N–H and O–H groups in total. The van der Waals surface area contributed by atoms with E-state index in [0.29, 0.717) is 11.3 Å². The SMILES string of the molecule is CCCNC1CCCC1Sc1nc2ccccc2s1. The van der Waals surface area contributed by atoms with Crippen molar-refractivity contribution in [2.24, 2.45) is 0 Å². The van der Waals surface area contributed by atoms with Crippen molar-refractivity contribution < 1.29 is 0 Å². The van der Waals surface area contributed by atoms with Crippen molar-refractivity contribution in [2.45, 2.75) is 48.2 Å². The van der Waals surface area contributed by atoms with Crippen LogP contribution in [-0.2, 0) is 0 Å². The molecule has 0 aliphatic heterocycles. The van der Waals surface area contributed by atoms with Gasteiger partial charge in [0.25, 0.3) is 0 Å². The third-order valence-corrected chi connectivity index (χ3v) is 6.17. The number of fused-ring (bicyclic) bond motifs is 1. The normalized spacial score (nSPS) is 23.2. The molecule has 2 atom stereocenters. The lowest BCUT2D eigenvalue weighted by Crippen LogP contribution is -2.34. The Morgan fingerprint density at radius 3 is 3.11 bits per heavy atom. The van der Waals surface area contributed by atoms with Gasteiger partial charge in [-0.15, -0.1) is 11.3 Å². The molecule has 2 aromatic rings. The van der Waals surface area contributed by atoms with Crippen molar-refractivity contribution >= 4 is 33.3 Å².